The topological polar surface area (TPSA) is 3.24 Å². The summed E-state index contributed by atoms with van der Waals surface area (Å²) in [7, 11) is 0. The van der Waals surface area contributed by atoms with E-state index >= 15 is 0 Å². The maximum Gasteiger partial charge on any atom is 0.0713 e. The van der Waals surface area contributed by atoms with Crippen LogP contribution in [-0.2, 0) is 5.41 Å². The molecular formula is C77H55N. The van der Waals surface area contributed by atoms with Crippen molar-refractivity contribution in [3.63, 3.8) is 0 Å². The number of nitrogens with zero attached hydrogens (tertiary/aromatic N) is 1. The van der Waals surface area contributed by atoms with E-state index in [1.807, 2.05) is 0 Å². The van der Waals surface area contributed by atoms with Gasteiger partial charge in [0.05, 0.1) is 5.41 Å². The predicted octanol–water partition coefficient (Wildman–Crippen LogP) is 20.6. The second-order valence-electron chi connectivity index (χ2n) is 20.7. The fourth-order valence-corrected chi connectivity index (χ4v) is 12.5. The molecule has 0 aliphatic heterocycles. The largest absolute Gasteiger partial charge is 0.311 e. The maximum absolute atomic E-state index is 2.40. The molecule has 0 heterocycles. The average molecular weight is 994 g/mol. The van der Waals surface area contributed by atoms with Gasteiger partial charge in [-0.05, 0) is 172 Å². The fraction of sp³-hybridized carbons (Fsp3) is 0.0390. The number of rotatable bonds is 11. The molecule has 0 unspecified atom stereocenters. The fourth-order valence-electron chi connectivity index (χ4n) is 12.5. The molecule has 0 amide bonds. The first kappa shape index (κ1) is 46.7. The van der Waals surface area contributed by atoms with Gasteiger partial charge in [-0.2, -0.15) is 0 Å². The number of allylic oxidation sites excluding steroid dienone is 4. The first-order chi connectivity index (χ1) is 38.7. The summed E-state index contributed by atoms with van der Waals surface area (Å²) in [4.78, 5) is 2.40. The van der Waals surface area contributed by atoms with E-state index in [0.29, 0.717) is 0 Å². The molecule has 14 rings (SSSR count). The lowest BCUT2D eigenvalue weighted by atomic mass is 9.67. The predicted molar refractivity (Wildman–Crippen MR) is 329 cm³/mol. The van der Waals surface area contributed by atoms with Gasteiger partial charge in [-0.15, -0.1) is 0 Å². The quantitative estimate of drug-likeness (QED) is 0.125. The van der Waals surface area contributed by atoms with Gasteiger partial charge >= 0.3 is 0 Å². The molecule has 0 N–H and O–H groups in total. The Hall–Kier alpha value is -9.82. The van der Waals surface area contributed by atoms with Gasteiger partial charge in [-0.3, -0.25) is 0 Å². The van der Waals surface area contributed by atoms with Gasteiger partial charge in [0.2, 0.25) is 0 Å². The first-order valence-electron chi connectivity index (χ1n) is 27.3. The standard InChI is InChI=1S/C77H55N/c1-4-16-54(17-5-1)56-30-32-57(33-31-56)59-40-46-69(47-41-59)78(70-48-42-60(43-49-70)58-34-36-61(37-35-58)64-20-14-21-65(52-64)66-39-38-55-18-10-11-19-63(55)53-66)71-50-44-62(45-51-71)72-27-15-29-75-76(72)73-26-12-13-28-74(73)77(75,67-22-6-2-7-23-67)68-24-8-3-9-25-68/h1-30,32,34-53H,31,33H2. The maximum atomic E-state index is 2.40. The van der Waals surface area contributed by atoms with E-state index in [9.17, 15) is 0 Å². The lowest BCUT2D eigenvalue weighted by molar-refractivity contribution is 0.768. The Morgan fingerprint density at radius 1 is 0.256 bits per heavy atom. The molecule has 0 saturated heterocycles. The highest BCUT2D eigenvalue weighted by atomic mass is 15.1. The zero-order chi connectivity index (χ0) is 51.8. The molecule has 1 heteroatoms. The van der Waals surface area contributed by atoms with Crippen molar-refractivity contribution in [1.29, 1.82) is 0 Å². The minimum atomic E-state index is -0.458. The first-order valence-corrected chi connectivity index (χ1v) is 27.3. The van der Waals surface area contributed by atoms with Crippen LogP contribution in [0.5, 0.6) is 0 Å². The summed E-state index contributed by atoms with van der Waals surface area (Å²) in [6.45, 7) is 0. The number of fused-ring (bicyclic) bond motifs is 4. The van der Waals surface area contributed by atoms with E-state index in [1.54, 1.807) is 0 Å². The van der Waals surface area contributed by atoms with Crippen molar-refractivity contribution in [2.45, 2.75) is 18.3 Å². The molecule has 12 aromatic rings. The third-order valence-electron chi connectivity index (χ3n) is 16.3. The van der Waals surface area contributed by atoms with Crippen LogP contribution < -0.4 is 4.90 Å². The van der Waals surface area contributed by atoms with Crippen molar-refractivity contribution < 1.29 is 0 Å². The Kier molecular flexibility index (Phi) is 12.0. The van der Waals surface area contributed by atoms with E-state index in [1.165, 1.54) is 111 Å². The van der Waals surface area contributed by atoms with E-state index in [4.69, 9.17) is 0 Å². The molecule has 1 nitrogen and oxygen atoms in total. The lowest BCUT2D eigenvalue weighted by Crippen LogP contribution is -2.28. The molecule has 2 aliphatic rings. The van der Waals surface area contributed by atoms with Crippen molar-refractivity contribution in [2.24, 2.45) is 0 Å². The Bertz CT molecular complexity index is 4150. The van der Waals surface area contributed by atoms with Crippen molar-refractivity contribution in [3.8, 4) is 55.6 Å². The molecule has 0 radical (unpaired) electrons. The third kappa shape index (κ3) is 8.38. The molecule has 368 valence electrons. The SMILES string of the molecule is C1=C(c2ccccc2)CCC(c2ccc(N(c3ccc(-c4ccc(-c5cccc(-c6ccc7ccccc7c6)c5)cc4)cc3)c3ccc(-c4cccc5c4-c4ccccc4C5(c4ccccc4)c4ccccc4)cc3)cc2)=C1. The van der Waals surface area contributed by atoms with Crippen molar-refractivity contribution in [1.82, 2.24) is 0 Å². The Labute approximate surface area is 458 Å². The third-order valence-corrected chi connectivity index (χ3v) is 16.3. The van der Waals surface area contributed by atoms with Crippen molar-refractivity contribution in [2.75, 3.05) is 4.90 Å². The highest BCUT2D eigenvalue weighted by molar-refractivity contribution is 5.96. The highest BCUT2D eigenvalue weighted by Crippen LogP contribution is 2.58. The zero-order valence-corrected chi connectivity index (χ0v) is 43.3. The Morgan fingerprint density at radius 2 is 0.654 bits per heavy atom. The lowest BCUT2D eigenvalue weighted by Gasteiger charge is -2.34. The Morgan fingerprint density at radius 3 is 1.26 bits per heavy atom. The van der Waals surface area contributed by atoms with E-state index in [0.717, 1.165) is 29.9 Å². The molecule has 0 saturated carbocycles. The summed E-state index contributed by atoms with van der Waals surface area (Å²) in [6, 6.07) is 109. The molecular weight excluding hydrogens is 939 g/mol. The summed E-state index contributed by atoms with van der Waals surface area (Å²) in [5.74, 6) is 0. The summed E-state index contributed by atoms with van der Waals surface area (Å²) in [5, 5.41) is 2.51. The zero-order valence-electron chi connectivity index (χ0n) is 43.3. The Balaban J connectivity index is 0.806. The van der Waals surface area contributed by atoms with E-state index in [2.05, 4.69) is 314 Å². The van der Waals surface area contributed by atoms with Gasteiger partial charge in [-0.25, -0.2) is 0 Å². The van der Waals surface area contributed by atoms with Gasteiger partial charge in [0.1, 0.15) is 0 Å². The van der Waals surface area contributed by atoms with Crippen LogP contribution in [0.3, 0.4) is 0 Å². The second-order valence-corrected chi connectivity index (χ2v) is 20.7. The van der Waals surface area contributed by atoms with Crippen LogP contribution in [0.4, 0.5) is 17.1 Å². The van der Waals surface area contributed by atoms with Gasteiger partial charge in [0.25, 0.3) is 0 Å². The molecule has 0 bridgehead atoms. The van der Waals surface area contributed by atoms with Crippen LogP contribution in [0.2, 0.25) is 0 Å². The molecule has 12 aromatic carbocycles. The van der Waals surface area contributed by atoms with E-state index < -0.39 is 5.41 Å². The molecule has 0 aromatic heterocycles. The number of anilines is 3. The summed E-state index contributed by atoms with van der Waals surface area (Å²) in [5.41, 5.74) is 25.5. The van der Waals surface area contributed by atoms with E-state index in [-0.39, 0.29) is 0 Å². The summed E-state index contributed by atoms with van der Waals surface area (Å²) < 4.78 is 0. The molecule has 2 aliphatic carbocycles. The van der Waals surface area contributed by atoms with Crippen molar-refractivity contribution in [3.05, 3.63) is 343 Å². The van der Waals surface area contributed by atoms with Gasteiger partial charge in [-0.1, -0.05) is 261 Å². The number of benzene rings is 12. The molecule has 78 heavy (non-hydrogen) atoms. The minimum Gasteiger partial charge on any atom is -0.311 e. The molecule has 0 atom stereocenters. The number of hydrogen-bond donors (Lipinski definition) is 0. The normalized spacial score (nSPS) is 13.3. The van der Waals surface area contributed by atoms with Crippen LogP contribution in [-0.4, -0.2) is 0 Å². The second kappa shape index (κ2) is 20.0. The smallest absolute Gasteiger partial charge is 0.0713 e. The van der Waals surface area contributed by atoms with Gasteiger partial charge < -0.3 is 4.90 Å². The summed E-state index contributed by atoms with van der Waals surface area (Å²) in [6.07, 6.45) is 6.66. The average Bonchev–Trinajstić information content (AvgIpc) is 3.98. The molecule has 0 fully saturated rings. The monoisotopic (exact) mass is 993 g/mol. The van der Waals surface area contributed by atoms with Crippen LogP contribution in [0, 0.1) is 0 Å². The van der Waals surface area contributed by atoms with Gasteiger partial charge in [0, 0.05) is 17.1 Å². The molecule has 0 spiro atoms. The van der Waals surface area contributed by atoms with Crippen LogP contribution in [0.15, 0.2) is 309 Å². The minimum absolute atomic E-state index is 0.458. The van der Waals surface area contributed by atoms with Crippen molar-refractivity contribution >= 4 is 39.0 Å². The highest BCUT2D eigenvalue weighted by Gasteiger charge is 2.46. The number of hydrogen-bond acceptors (Lipinski definition) is 1. The van der Waals surface area contributed by atoms with Crippen LogP contribution >= 0.6 is 0 Å². The van der Waals surface area contributed by atoms with Crippen LogP contribution in [0.25, 0.3) is 77.6 Å². The van der Waals surface area contributed by atoms with Crippen LogP contribution in [0.1, 0.15) is 46.2 Å². The van der Waals surface area contributed by atoms with Gasteiger partial charge in [0.15, 0.2) is 0 Å². The summed E-state index contributed by atoms with van der Waals surface area (Å²) >= 11 is 0.